The first-order chi connectivity index (χ1) is 14.1. The molecule has 1 aromatic heterocycles. The maximum absolute atomic E-state index is 13.2. The van der Waals surface area contributed by atoms with Gasteiger partial charge in [-0.3, -0.25) is 9.78 Å². The Bertz CT molecular complexity index is 1090. The first-order valence-electron chi connectivity index (χ1n) is 9.76. The summed E-state index contributed by atoms with van der Waals surface area (Å²) >= 11 is 6.27. The second-order valence-corrected chi connectivity index (χ2v) is 8.05. The maximum Gasteiger partial charge on any atom is 0.231 e. The highest BCUT2D eigenvalue weighted by Crippen LogP contribution is 2.51. The third kappa shape index (κ3) is 3.49. The zero-order chi connectivity index (χ0) is 19.8. The third-order valence-corrected chi connectivity index (χ3v) is 6.11. The number of aromatic nitrogens is 1. The average molecular weight is 406 g/mol. The van der Waals surface area contributed by atoms with Crippen molar-refractivity contribution in [1.82, 2.24) is 4.98 Å². The van der Waals surface area contributed by atoms with Crippen LogP contribution in [0.3, 0.4) is 0 Å². The number of carbonyl (C=O) groups is 1. The molecule has 29 heavy (non-hydrogen) atoms. The van der Waals surface area contributed by atoms with Crippen LogP contribution in [0.25, 0.3) is 0 Å². The van der Waals surface area contributed by atoms with Crippen LogP contribution in [0, 0.1) is 0 Å². The van der Waals surface area contributed by atoms with Crippen LogP contribution in [0.5, 0.6) is 11.5 Å². The summed E-state index contributed by atoms with van der Waals surface area (Å²) in [6.07, 6.45) is 2.70. The van der Waals surface area contributed by atoms with Gasteiger partial charge in [0.05, 0.1) is 5.41 Å². The Morgan fingerprint density at radius 2 is 1.76 bits per heavy atom. The highest BCUT2D eigenvalue weighted by Gasteiger charge is 2.50. The fraction of sp³-hybridized carbons (Fsp3) is 0.250. The number of fused-ring (bicyclic) bond motifs is 1. The number of ketones is 1. The molecular weight excluding hydrogens is 386 g/mol. The highest BCUT2D eigenvalue weighted by molar-refractivity contribution is 6.31. The molecule has 1 aliphatic heterocycles. The van der Waals surface area contributed by atoms with Crippen LogP contribution in [0.4, 0.5) is 0 Å². The van der Waals surface area contributed by atoms with Crippen molar-refractivity contribution in [1.29, 1.82) is 0 Å². The molecule has 5 heteroatoms. The Balaban J connectivity index is 1.34. The summed E-state index contributed by atoms with van der Waals surface area (Å²) in [5.74, 6) is 1.67. The first-order valence-corrected chi connectivity index (χ1v) is 10.1. The number of pyridine rings is 1. The van der Waals surface area contributed by atoms with Crippen molar-refractivity contribution < 1.29 is 14.3 Å². The molecule has 2 heterocycles. The van der Waals surface area contributed by atoms with Crippen LogP contribution in [0.2, 0.25) is 5.02 Å². The summed E-state index contributed by atoms with van der Waals surface area (Å²) < 4.78 is 10.9. The van der Waals surface area contributed by atoms with Gasteiger partial charge in [-0.1, -0.05) is 41.9 Å². The van der Waals surface area contributed by atoms with E-state index in [4.69, 9.17) is 26.1 Å². The summed E-state index contributed by atoms with van der Waals surface area (Å²) in [5, 5.41) is 0.732. The SMILES string of the molecule is O=C(Cc1cccc(Cc2ccccc2Cl)n1)C1(c2ccc3c(c2)OCO3)CC1. The first kappa shape index (κ1) is 18.2. The summed E-state index contributed by atoms with van der Waals surface area (Å²) in [4.78, 5) is 17.9. The summed E-state index contributed by atoms with van der Waals surface area (Å²) in [5.41, 5.74) is 3.34. The van der Waals surface area contributed by atoms with E-state index in [9.17, 15) is 4.79 Å². The second kappa shape index (κ2) is 7.20. The lowest BCUT2D eigenvalue weighted by Crippen LogP contribution is -2.23. The van der Waals surface area contributed by atoms with Gasteiger partial charge in [0.2, 0.25) is 6.79 Å². The minimum atomic E-state index is -0.415. The van der Waals surface area contributed by atoms with Gasteiger partial charge in [-0.2, -0.15) is 0 Å². The van der Waals surface area contributed by atoms with Crippen molar-refractivity contribution in [3.05, 3.63) is 88.2 Å². The van der Waals surface area contributed by atoms with E-state index >= 15 is 0 Å². The number of halogens is 1. The lowest BCUT2D eigenvalue weighted by molar-refractivity contribution is -0.120. The molecule has 2 aromatic carbocycles. The monoisotopic (exact) mass is 405 g/mol. The minimum absolute atomic E-state index is 0.207. The minimum Gasteiger partial charge on any atom is -0.454 e. The van der Waals surface area contributed by atoms with E-state index in [1.54, 1.807) is 0 Å². The number of benzene rings is 2. The fourth-order valence-electron chi connectivity index (χ4n) is 3.94. The highest BCUT2D eigenvalue weighted by atomic mass is 35.5. The number of rotatable bonds is 6. The molecule has 2 aliphatic rings. The molecule has 4 nitrogen and oxygen atoms in total. The molecule has 0 saturated heterocycles. The van der Waals surface area contributed by atoms with E-state index in [1.165, 1.54) is 0 Å². The smallest absolute Gasteiger partial charge is 0.231 e. The topological polar surface area (TPSA) is 48.4 Å². The second-order valence-electron chi connectivity index (χ2n) is 7.64. The van der Waals surface area contributed by atoms with E-state index in [1.807, 2.05) is 60.7 Å². The number of hydrogen-bond acceptors (Lipinski definition) is 4. The van der Waals surface area contributed by atoms with Gasteiger partial charge in [0.25, 0.3) is 0 Å². The zero-order valence-corrected chi connectivity index (χ0v) is 16.6. The Morgan fingerprint density at radius 3 is 2.59 bits per heavy atom. The van der Waals surface area contributed by atoms with Crippen molar-refractivity contribution in [2.24, 2.45) is 0 Å². The largest absolute Gasteiger partial charge is 0.454 e. The standard InChI is InChI=1S/C24H20ClNO3/c25-20-7-2-1-4-16(20)12-18-5-3-6-19(26-18)14-23(27)24(10-11-24)17-8-9-21-22(13-17)29-15-28-21/h1-9,13H,10-12,14-15H2. The van der Waals surface area contributed by atoms with Crippen molar-refractivity contribution in [3.63, 3.8) is 0 Å². The van der Waals surface area contributed by atoms with E-state index in [-0.39, 0.29) is 12.6 Å². The van der Waals surface area contributed by atoms with E-state index in [2.05, 4.69) is 0 Å². The number of carbonyl (C=O) groups excluding carboxylic acids is 1. The molecule has 0 radical (unpaired) electrons. The lowest BCUT2D eigenvalue weighted by atomic mass is 9.88. The molecule has 1 saturated carbocycles. The molecule has 3 aromatic rings. The van der Waals surface area contributed by atoms with Gasteiger partial charge in [0.15, 0.2) is 11.5 Å². The zero-order valence-electron chi connectivity index (χ0n) is 15.9. The van der Waals surface area contributed by atoms with Gasteiger partial charge >= 0.3 is 0 Å². The molecule has 1 aliphatic carbocycles. The van der Waals surface area contributed by atoms with E-state index < -0.39 is 5.41 Å². The molecular formula is C24H20ClNO3. The molecule has 0 spiro atoms. The number of Topliss-reactive ketones (excluding diaryl/α,β-unsaturated/α-hetero) is 1. The van der Waals surface area contributed by atoms with E-state index in [0.29, 0.717) is 12.8 Å². The molecule has 146 valence electrons. The van der Waals surface area contributed by atoms with Crippen LogP contribution in [-0.2, 0) is 23.1 Å². The summed E-state index contributed by atoms with van der Waals surface area (Å²) in [6, 6.07) is 19.5. The Morgan fingerprint density at radius 1 is 0.966 bits per heavy atom. The lowest BCUT2D eigenvalue weighted by Gasteiger charge is -2.15. The average Bonchev–Trinajstić information content (AvgIpc) is 3.41. The summed E-state index contributed by atoms with van der Waals surface area (Å²) in [7, 11) is 0. The van der Waals surface area contributed by atoms with Gasteiger partial charge in [-0.05, 0) is 54.3 Å². The molecule has 5 rings (SSSR count). The van der Waals surface area contributed by atoms with Crippen LogP contribution < -0.4 is 9.47 Å². The number of nitrogens with zero attached hydrogens (tertiary/aromatic N) is 1. The normalized spacial score (nSPS) is 15.9. The molecule has 0 amide bonds. The van der Waals surface area contributed by atoms with Crippen LogP contribution in [-0.4, -0.2) is 17.6 Å². The molecule has 0 atom stereocenters. The quantitative estimate of drug-likeness (QED) is 0.585. The Kier molecular flexibility index (Phi) is 4.51. The fourth-order valence-corrected chi connectivity index (χ4v) is 4.15. The number of ether oxygens (including phenoxy) is 2. The van der Waals surface area contributed by atoms with Crippen LogP contribution in [0.15, 0.2) is 60.7 Å². The van der Waals surface area contributed by atoms with Crippen molar-refractivity contribution in [3.8, 4) is 11.5 Å². The van der Waals surface area contributed by atoms with Gasteiger partial charge in [-0.15, -0.1) is 0 Å². The Hall–Kier alpha value is -2.85. The van der Waals surface area contributed by atoms with Gasteiger partial charge in [0.1, 0.15) is 5.78 Å². The van der Waals surface area contributed by atoms with Crippen molar-refractivity contribution in [2.45, 2.75) is 31.1 Å². The predicted octanol–water partition coefficient (Wildman–Crippen LogP) is 4.90. The molecule has 0 bridgehead atoms. The molecule has 0 unspecified atom stereocenters. The number of hydrogen-bond donors (Lipinski definition) is 0. The van der Waals surface area contributed by atoms with Crippen LogP contribution >= 0.6 is 11.6 Å². The van der Waals surface area contributed by atoms with Gasteiger partial charge in [0, 0.05) is 29.3 Å². The van der Waals surface area contributed by atoms with Crippen molar-refractivity contribution in [2.75, 3.05) is 6.79 Å². The Labute approximate surface area is 174 Å². The third-order valence-electron chi connectivity index (χ3n) is 5.74. The maximum atomic E-state index is 13.2. The predicted molar refractivity (Wildman–Crippen MR) is 111 cm³/mol. The molecule has 1 fully saturated rings. The van der Waals surface area contributed by atoms with E-state index in [0.717, 1.165) is 51.9 Å². The van der Waals surface area contributed by atoms with Gasteiger partial charge in [-0.25, -0.2) is 0 Å². The summed E-state index contributed by atoms with van der Waals surface area (Å²) in [6.45, 7) is 0.238. The molecule has 0 N–H and O–H groups in total. The van der Waals surface area contributed by atoms with Crippen LogP contribution in [0.1, 0.15) is 35.4 Å². The van der Waals surface area contributed by atoms with Crippen molar-refractivity contribution >= 4 is 17.4 Å². The van der Waals surface area contributed by atoms with Gasteiger partial charge < -0.3 is 9.47 Å².